The van der Waals surface area contributed by atoms with Crippen molar-refractivity contribution in [1.82, 2.24) is 14.5 Å². The number of rotatable bonds is 4. The number of halogens is 2. The molecular formula is C20H13ClFN3OS. The van der Waals surface area contributed by atoms with Crippen molar-refractivity contribution < 1.29 is 4.39 Å². The molecule has 0 spiro atoms. The van der Waals surface area contributed by atoms with Crippen molar-refractivity contribution in [2.75, 3.05) is 0 Å². The molecule has 0 N–H and O–H groups in total. The zero-order valence-corrected chi connectivity index (χ0v) is 15.5. The Morgan fingerprint density at radius 1 is 1.07 bits per heavy atom. The molecule has 2 aromatic carbocycles. The van der Waals surface area contributed by atoms with Gasteiger partial charge in [0.15, 0.2) is 5.16 Å². The van der Waals surface area contributed by atoms with Gasteiger partial charge in [-0.25, -0.2) is 9.37 Å². The molecule has 4 rings (SSSR count). The van der Waals surface area contributed by atoms with Gasteiger partial charge in [0, 0.05) is 22.5 Å². The lowest BCUT2D eigenvalue weighted by atomic mass is 10.2. The van der Waals surface area contributed by atoms with Gasteiger partial charge in [-0.2, -0.15) is 0 Å². The van der Waals surface area contributed by atoms with Crippen LogP contribution in [0.3, 0.4) is 0 Å². The highest BCUT2D eigenvalue weighted by molar-refractivity contribution is 7.98. The van der Waals surface area contributed by atoms with Crippen LogP contribution in [0.4, 0.5) is 4.39 Å². The van der Waals surface area contributed by atoms with Crippen LogP contribution in [0.15, 0.2) is 76.9 Å². The summed E-state index contributed by atoms with van der Waals surface area (Å²) >= 11 is 7.38. The second-order valence-corrected chi connectivity index (χ2v) is 7.10. The molecule has 7 heteroatoms. The number of thioether (sulfide) groups is 1. The standard InChI is InChI=1S/C20H13ClFN3OS/c21-16-7-3-8-17(22)15(16)12-27-20-24-18-9-2-1-6-14(18)19(26)25(20)13-5-4-10-23-11-13/h1-11H,12H2. The van der Waals surface area contributed by atoms with Crippen LogP contribution in [-0.2, 0) is 5.75 Å². The fourth-order valence-electron chi connectivity index (χ4n) is 2.73. The summed E-state index contributed by atoms with van der Waals surface area (Å²) in [6, 6.07) is 15.2. The van der Waals surface area contributed by atoms with E-state index in [1.165, 1.54) is 22.4 Å². The Morgan fingerprint density at radius 3 is 2.70 bits per heavy atom. The molecule has 0 saturated carbocycles. The molecule has 2 heterocycles. The number of para-hydroxylation sites is 1. The zero-order valence-electron chi connectivity index (χ0n) is 14.0. The van der Waals surface area contributed by atoms with Gasteiger partial charge in [-0.05, 0) is 36.4 Å². The molecule has 4 nitrogen and oxygen atoms in total. The van der Waals surface area contributed by atoms with E-state index in [2.05, 4.69) is 9.97 Å². The minimum Gasteiger partial charge on any atom is -0.268 e. The van der Waals surface area contributed by atoms with Crippen molar-refractivity contribution >= 4 is 34.3 Å². The van der Waals surface area contributed by atoms with Crippen LogP contribution >= 0.6 is 23.4 Å². The van der Waals surface area contributed by atoms with Gasteiger partial charge in [-0.3, -0.25) is 14.3 Å². The normalized spacial score (nSPS) is 11.0. The molecule has 0 atom stereocenters. The number of benzene rings is 2. The second kappa shape index (κ2) is 7.50. The Labute approximate surface area is 163 Å². The molecule has 0 aliphatic carbocycles. The van der Waals surface area contributed by atoms with Crippen LogP contribution in [0.2, 0.25) is 5.02 Å². The number of hydrogen-bond donors (Lipinski definition) is 0. The molecule has 0 unspecified atom stereocenters. The van der Waals surface area contributed by atoms with E-state index in [1.807, 2.05) is 6.07 Å². The Kier molecular flexibility index (Phi) is 4.92. The first-order valence-corrected chi connectivity index (χ1v) is 9.49. The topological polar surface area (TPSA) is 47.8 Å². The molecular weight excluding hydrogens is 385 g/mol. The lowest BCUT2D eigenvalue weighted by molar-refractivity contribution is 0.617. The van der Waals surface area contributed by atoms with E-state index in [0.29, 0.717) is 32.3 Å². The number of aromatic nitrogens is 3. The summed E-state index contributed by atoms with van der Waals surface area (Å²) in [5.74, 6) is -0.137. The zero-order chi connectivity index (χ0) is 18.8. The molecule has 0 radical (unpaired) electrons. The van der Waals surface area contributed by atoms with Gasteiger partial charge in [0.2, 0.25) is 0 Å². The molecule has 0 fully saturated rings. The summed E-state index contributed by atoms with van der Waals surface area (Å²) in [5, 5.41) is 1.30. The van der Waals surface area contributed by atoms with E-state index >= 15 is 0 Å². The van der Waals surface area contributed by atoms with Crippen molar-refractivity contribution in [3.63, 3.8) is 0 Å². The van der Waals surface area contributed by atoms with Gasteiger partial charge >= 0.3 is 0 Å². The van der Waals surface area contributed by atoms with E-state index in [-0.39, 0.29) is 17.1 Å². The van der Waals surface area contributed by atoms with Crippen LogP contribution in [0, 0.1) is 5.82 Å². The van der Waals surface area contributed by atoms with Gasteiger partial charge < -0.3 is 0 Å². The molecule has 0 saturated heterocycles. The van der Waals surface area contributed by atoms with Crippen molar-refractivity contribution in [2.24, 2.45) is 0 Å². The smallest absolute Gasteiger partial charge is 0.266 e. The maximum Gasteiger partial charge on any atom is 0.266 e. The van der Waals surface area contributed by atoms with Crippen molar-refractivity contribution in [2.45, 2.75) is 10.9 Å². The van der Waals surface area contributed by atoms with Crippen LogP contribution in [-0.4, -0.2) is 14.5 Å². The minimum atomic E-state index is -0.383. The van der Waals surface area contributed by atoms with Gasteiger partial charge in [-0.1, -0.05) is 41.6 Å². The van der Waals surface area contributed by atoms with Gasteiger partial charge in [0.25, 0.3) is 5.56 Å². The van der Waals surface area contributed by atoms with Gasteiger partial charge in [0.1, 0.15) is 5.82 Å². The molecule has 2 aromatic heterocycles. The highest BCUT2D eigenvalue weighted by atomic mass is 35.5. The first kappa shape index (κ1) is 17.7. The molecule has 0 bridgehead atoms. The molecule has 0 aliphatic heterocycles. The largest absolute Gasteiger partial charge is 0.268 e. The second-order valence-electron chi connectivity index (χ2n) is 5.75. The van der Waals surface area contributed by atoms with Crippen molar-refractivity contribution in [3.05, 3.63) is 93.7 Å². The van der Waals surface area contributed by atoms with Crippen LogP contribution in [0.1, 0.15) is 5.56 Å². The fraction of sp³-hybridized carbons (Fsp3) is 0.0500. The Bertz CT molecular complexity index is 1160. The van der Waals surface area contributed by atoms with E-state index in [4.69, 9.17) is 11.6 Å². The number of pyridine rings is 1. The number of nitrogens with zero attached hydrogens (tertiary/aromatic N) is 3. The lowest BCUT2D eigenvalue weighted by Crippen LogP contribution is -2.21. The van der Waals surface area contributed by atoms with E-state index in [9.17, 15) is 9.18 Å². The molecule has 4 aromatic rings. The monoisotopic (exact) mass is 397 g/mol. The van der Waals surface area contributed by atoms with Gasteiger partial charge in [-0.15, -0.1) is 0 Å². The summed E-state index contributed by atoms with van der Waals surface area (Å²) in [5.41, 5.74) is 1.37. The maximum atomic E-state index is 14.1. The third-order valence-corrected chi connectivity index (χ3v) is 5.38. The predicted molar refractivity (Wildman–Crippen MR) is 106 cm³/mol. The molecule has 0 aliphatic rings. The maximum absolute atomic E-state index is 14.1. The summed E-state index contributed by atoms with van der Waals surface area (Å²) in [7, 11) is 0. The SMILES string of the molecule is O=c1c2ccccc2nc(SCc2c(F)cccc2Cl)n1-c1cccnc1. The highest BCUT2D eigenvalue weighted by Crippen LogP contribution is 2.29. The predicted octanol–water partition coefficient (Wildman–Crippen LogP) is 4.87. The number of hydrogen-bond acceptors (Lipinski definition) is 4. The molecule has 0 amide bonds. The average Bonchev–Trinajstić information content (AvgIpc) is 2.68. The number of fused-ring (bicyclic) bond motifs is 1. The van der Waals surface area contributed by atoms with Crippen LogP contribution in [0.25, 0.3) is 16.6 Å². The lowest BCUT2D eigenvalue weighted by Gasteiger charge is -2.13. The average molecular weight is 398 g/mol. The fourth-order valence-corrected chi connectivity index (χ4v) is 4.09. The van der Waals surface area contributed by atoms with E-state index < -0.39 is 0 Å². The Balaban J connectivity index is 1.85. The summed E-state index contributed by atoms with van der Waals surface area (Å²) in [4.78, 5) is 21.8. The minimum absolute atomic E-state index is 0.198. The Morgan fingerprint density at radius 2 is 1.93 bits per heavy atom. The summed E-state index contributed by atoms with van der Waals surface area (Å²) < 4.78 is 15.6. The molecule has 27 heavy (non-hydrogen) atoms. The van der Waals surface area contributed by atoms with E-state index in [1.54, 1.807) is 54.9 Å². The Hall–Kier alpha value is -2.70. The third kappa shape index (κ3) is 3.46. The van der Waals surface area contributed by atoms with Crippen LogP contribution in [0.5, 0.6) is 0 Å². The quantitative estimate of drug-likeness (QED) is 0.364. The van der Waals surface area contributed by atoms with Crippen molar-refractivity contribution in [1.29, 1.82) is 0 Å². The summed E-state index contributed by atoms with van der Waals surface area (Å²) in [6.07, 6.45) is 3.23. The highest BCUT2D eigenvalue weighted by Gasteiger charge is 2.15. The first-order valence-electron chi connectivity index (χ1n) is 8.13. The summed E-state index contributed by atoms with van der Waals surface area (Å²) in [6.45, 7) is 0. The van der Waals surface area contributed by atoms with Crippen molar-refractivity contribution in [3.8, 4) is 5.69 Å². The molecule has 134 valence electrons. The van der Waals surface area contributed by atoms with Crippen LogP contribution < -0.4 is 5.56 Å². The van der Waals surface area contributed by atoms with E-state index in [0.717, 1.165) is 0 Å². The van der Waals surface area contributed by atoms with Gasteiger partial charge in [0.05, 0.1) is 22.8 Å². The third-order valence-electron chi connectivity index (χ3n) is 4.06. The first-order chi connectivity index (χ1) is 13.1.